The standard InChI is InChI=1S/C15H20O4.C9H11NO2.CH4.Y/c1-15(2,3)19-13(16)10-12(14(17)18)9-11-7-5-4-6-8-11;10-8(9(11)12)6-7-4-2-1-3-5-7;;/h4-8,12H,9-10H2,1-3H3,(H,17,18);1-5,8H,6,10H2,(H,11,12);1H4;/t12-;8-;;/m10../s1/i12D;8D;;. The van der Waals surface area contributed by atoms with Gasteiger partial charge in [-0.3, -0.25) is 14.4 Å². The third-order valence-corrected chi connectivity index (χ3v) is 3.85. The van der Waals surface area contributed by atoms with E-state index in [-0.39, 0.29) is 53.0 Å². The number of nitrogens with two attached hydrogens (primary N) is 1. The van der Waals surface area contributed by atoms with E-state index in [4.69, 9.17) is 18.3 Å². The summed E-state index contributed by atoms with van der Waals surface area (Å²) in [5, 5.41) is 17.8. The van der Waals surface area contributed by atoms with E-state index in [0.717, 1.165) is 5.56 Å². The Kier molecular flexibility index (Phi) is 14.5. The number of hydrogen-bond donors (Lipinski definition) is 3. The first-order valence-electron chi connectivity index (χ1n) is 10.7. The van der Waals surface area contributed by atoms with Gasteiger partial charge >= 0.3 is 17.9 Å². The van der Waals surface area contributed by atoms with Crippen molar-refractivity contribution in [2.75, 3.05) is 0 Å². The Hall–Kier alpha value is -2.09. The summed E-state index contributed by atoms with van der Waals surface area (Å²) in [7, 11) is 0. The van der Waals surface area contributed by atoms with Gasteiger partial charge in [0.05, 0.1) is 13.7 Å². The van der Waals surface area contributed by atoms with E-state index < -0.39 is 41.8 Å². The first-order valence-corrected chi connectivity index (χ1v) is 9.70. The molecule has 0 spiro atoms. The Morgan fingerprint density at radius 1 is 0.909 bits per heavy atom. The van der Waals surface area contributed by atoms with Crippen molar-refractivity contribution >= 4 is 17.9 Å². The molecule has 7 nitrogen and oxygen atoms in total. The third kappa shape index (κ3) is 15.4. The molecular formula is C25H35NO6Y. The minimum Gasteiger partial charge on any atom is -0.481 e. The van der Waals surface area contributed by atoms with Crippen LogP contribution in [0.4, 0.5) is 0 Å². The van der Waals surface area contributed by atoms with Gasteiger partial charge in [0, 0.05) is 34.1 Å². The van der Waals surface area contributed by atoms with E-state index in [1.165, 1.54) is 0 Å². The van der Waals surface area contributed by atoms with E-state index in [1.807, 2.05) is 12.1 Å². The maximum Gasteiger partial charge on any atom is 0.320 e. The summed E-state index contributed by atoms with van der Waals surface area (Å²) >= 11 is 0. The number of esters is 1. The number of hydrogen-bond acceptors (Lipinski definition) is 5. The van der Waals surface area contributed by atoms with Crippen LogP contribution in [0.5, 0.6) is 0 Å². The van der Waals surface area contributed by atoms with Gasteiger partial charge in [0.2, 0.25) is 0 Å². The van der Waals surface area contributed by atoms with Gasteiger partial charge in [0.25, 0.3) is 0 Å². The number of carboxylic acids is 2. The molecule has 2 atom stereocenters. The molecule has 179 valence electrons. The van der Waals surface area contributed by atoms with E-state index in [9.17, 15) is 19.5 Å². The SMILES string of the molecule is C.[2H][C@](CC(=O)OC(C)(C)C)(Cc1ccccc1)C(=O)O.[2H][C@](N)(Cc1ccccc1)C(=O)O.[Y]. The fraction of sp³-hybridized carbons (Fsp3) is 0.400. The van der Waals surface area contributed by atoms with E-state index in [2.05, 4.69) is 0 Å². The van der Waals surface area contributed by atoms with Crippen LogP contribution in [-0.4, -0.2) is 39.7 Å². The van der Waals surface area contributed by atoms with E-state index >= 15 is 0 Å². The van der Waals surface area contributed by atoms with Crippen LogP contribution in [0.1, 0.15) is 48.5 Å². The smallest absolute Gasteiger partial charge is 0.320 e. The van der Waals surface area contributed by atoms with Gasteiger partial charge in [-0.15, -0.1) is 0 Å². The van der Waals surface area contributed by atoms with Crippen LogP contribution in [-0.2, 0) is 64.7 Å². The Labute approximate surface area is 224 Å². The normalized spacial score (nSPS) is 14.7. The molecule has 1 radical (unpaired) electrons. The van der Waals surface area contributed by atoms with Crippen molar-refractivity contribution in [2.45, 2.75) is 59.1 Å². The van der Waals surface area contributed by atoms with Crippen LogP contribution in [0.3, 0.4) is 0 Å². The van der Waals surface area contributed by atoms with Gasteiger partial charge in [-0.1, -0.05) is 68.1 Å². The molecule has 0 fully saturated rings. The number of ether oxygens (including phenoxy) is 1. The van der Waals surface area contributed by atoms with Gasteiger partial charge < -0.3 is 20.7 Å². The number of carbonyl (C=O) groups is 3. The van der Waals surface area contributed by atoms with Crippen LogP contribution in [0.15, 0.2) is 60.7 Å². The summed E-state index contributed by atoms with van der Waals surface area (Å²) < 4.78 is 20.4. The van der Waals surface area contributed by atoms with Crippen molar-refractivity contribution in [3.05, 3.63) is 71.8 Å². The zero-order valence-electron chi connectivity index (χ0n) is 20.6. The van der Waals surface area contributed by atoms with Gasteiger partial charge in [-0.2, -0.15) is 0 Å². The summed E-state index contributed by atoms with van der Waals surface area (Å²) in [5.74, 6) is -5.22. The number of rotatable bonds is 8. The second kappa shape index (κ2) is 16.5. The first-order chi connectivity index (χ1) is 15.1. The molecule has 0 aliphatic rings. The van der Waals surface area contributed by atoms with Crippen molar-refractivity contribution in [2.24, 2.45) is 11.6 Å². The van der Waals surface area contributed by atoms with Crippen molar-refractivity contribution in [3.63, 3.8) is 0 Å². The maximum atomic E-state index is 11.8. The Bertz CT molecular complexity index is 936. The summed E-state index contributed by atoms with van der Waals surface area (Å²) in [5.41, 5.74) is 6.02. The zero-order chi connectivity index (χ0) is 25.3. The van der Waals surface area contributed by atoms with Crippen LogP contribution >= 0.6 is 0 Å². The number of carboxylic acid groups (broad SMARTS) is 2. The van der Waals surface area contributed by atoms with Gasteiger partial charge in [0.1, 0.15) is 11.6 Å². The molecule has 8 heteroatoms. The van der Waals surface area contributed by atoms with E-state index in [1.54, 1.807) is 69.3 Å². The average molecular weight is 536 g/mol. The number of aliphatic carboxylic acids is 2. The molecule has 0 bridgehead atoms. The molecule has 0 heterocycles. The Morgan fingerprint density at radius 3 is 1.70 bits per heavy atom. The average Bonchev–Trinajstić information content (AvgIpc) is 2.68. The topological polar surface area (TPSA) is 127 Å². The molecule has 4 N–H and O–H groups in total. The largest absolute Gasteiger partial charge is 0.481 e. The molecule has 0 unspecified atom stereocenters. The molecule has 0 aromatic heterocycles. The predicted molar refractivity (Wildman–Crippen MR) is 124 cm³/mol. The van der Waals surface area contributed by atoms with Gasteiger partial charge in [-0.25, -0.2) is 0 Å². The second-order valence-corrected chi connectivity index (χ2v) is 7.83. The summed E-state index contributed by atoms with van der Waals surface area (Å²) in [6.07, 6.45) is -0.500. The predicted octanol–water partition coefficient (Wildman–Crippen LogP) is 3.94. The third-order valence-electron chi connectivity index (χ3n) is 3.85. The van der Waals surface area contributed by atoms with Crippen molar-refractivity contribution in [1.29, 1.82) is 0 Å². The molecule has 0 aliphatic carbocycles. The zero-order valence-corrected chi connectivity index (χ0v) is 21.4. The summed E-state index contributed by atoms with van der Waals surface area (Å²) in [4.78, 5) is 33.6. The fourth-order valence-electron chi connectivity index (χ4n) is 2.50. The van der Waals surface area contributed by atoms with Crippen LogP contribution < -0.4 is 5.73 Å². The minimum absolute atomic E-state index is 0. The number of carbonyl (C=O) groups excluding carboxylic acids is 1. The van der Waals surface area contributed by atoms with Crippen molar-refractivity contribution in [3.8, 4) is 0 Å². The first kappa shape index (κ1) is 28.9. The van der Waals surface area contributed by atoms with Crippen LogP contribution in [0, 0.1) is 5.89 Å². The minimum atomic E-state index is -1.93. The maximum absolute atomic E-state index is 11.8. The molecule has 0 aliphatic heterocycles. The fourth-order valence-corrected chi connectivity index (χ4v) is 2.50. The quantitative estimate of drug-likeness (QED) is 0.436. The molecule has 2 rings (SSSR count). The number of benzene rings is 2. The van der Waals surface area contributed by atoms with Crippen LogP contribution in [0.25, 0.3) is 0 Å². The molecule has 2 aromatic rings. The summed E-state index contributed by atoms with van der Waals surface area (Å²) in [6.45, 7) is 5.11. The van der Waals surface area contributed by atoms with Crippen molar-refractivity contribution < 1.29 is 64.8 Å². The molecule has 0 saturated carbocycles. The van der Waals surface area contributed by atoms with Crippen molar-refractivity contribution in [1.82, 2.24) is 0 Å². The van der Waals surface area contributed by atoms with Gasteiger partial charge in [-0.05, 0) is 44.7 Å². The Morgan fingerprint density at radius 2 is 1.33 bits per heavy atom. The molecule has 2 aromatic carbocycles. The summed E-state index contributed by atoms with van der Waals surface area (Å²) in [6, 6.07) is 15.8. The Balaban J connectivity index is 0. The monoisotopic (exact) mass is 536 g/mol. The molecule has 0 saturated heterocycles. The van der Waals surface area contributed by atoms with E-state index in [0.29, 0.717) is 5.56 Å². The molecular weight excluding hydrogens is 499 g/mol. The van der Waals surface area contributed by atoms with Crippen LogP contribution in [0.2, 0.25) is 0 Å². The second-order valence-electron chi connectivity index (χ2n) is 7.83. The van der Waals surface area contributed by atoms with Gasteiger partial charge in [0.15, 0.2) is 0 Å². The molecule has 33 heavy (non-hydrogen) atoms. The molecule has 0 amide bonds.